The third-order valence-electron chi connectivity index (χ3n) is 4.71. The Morgan fingerprint density at radius 2 is 1.47 bits per heavy atom. The van der Waals surface area contributed by atoms with E-state index in [-0.39, 0.29) is 12.3 Å². The van der Waals surface area contributed by atoms with Crippen LogP contribution in [0.4, 0.5) is 0 Å². The minimum atomic E-state index is -1.40. The van der Waals surface area contributed by atoms with E-state index in [4.69, 9.17) is 16.6 Å². The van der Waals surface area contributed by atoms with Gasteiger partial charge in [-0.05, 0) is 31.7 Å². The van der Waals surface area contributed by atoms with Crippen molar-refractivity contribution in [1.29, 1.82) is 0 Å². The van der Waals surface area contributed by atoms with Gasteiger partial charge in [0.25, 0.3) is 0 Å². The summed E-state index contributed by atoms with van der Waals surface area (Å²) >= 11 is 0. The van der Waals surface area contributed by atoms with Gasteiger partial charge in [0.05, 0.1) is 13.2 Å². The molecule has 0 aromatic carbocycles. The first-order chi connectivity index (χ1) is 14.1. The molecular weight excluding hydrogens is 398 g/mol. The fraction of sp³-hybridized carbons (Fsp3) is 0.778. The van der Waals surface area contributed by atoms with Crippen LogP contribution in [-0.4, -0.2) is 82.9 Å². The molecule has 0 rings (SSSR count). The van der Waals surface area contributed by atoms with Crippen LogP contribution in [0.15, 0.2) is 0 Å². The molecule has 0 saturated carbocycles. The van der Waals surface area contributed by atoms with Crippen molar-refractivity contribution >= 4 is 23.7 Å². The quantitative estimate of drug-likeness (QED) is 0.123. The van der Waals surface area contributed by atoms with Gasteiger partial charge in [-0.1, -0.05) is 20.3 Å². The molecule has 0 fully saturated rings. The standard InChI is InChI=1S/C18H35N5O7/c1-3-10(2)14(18(29)30)23-16(27)12(6-4-5-7-19)21-17(28)13(9-25)22-15(26)11(20)8-24/h10-14,24-25H,3-9,19-20H2,1-2H3,(H,21,28)(H,22,26)(H,23,27)(H,29,30). The van der Waals surface area contributed by atoms with Crippen molar-refractivity contribution in [1.82, 2.24) is 16.0 Å². The zero-order valence-corrected chi connectivity index (χ0v) is 17.5. The van der Waals surface area contributed by atoms with Crippen LogP contribution in [0.25, 0.3) is 0 Å². The summed E-state index contributed by atoms with van der Waals surface area (Å²) in [6, 6.07) is -4.90. The number of hydrogen-bond donors (Lipinski definition) is 8. The number of unbranched alkanes of at least 4 members (excludes halogenated alkanes) is 1. The van der Waals surface area contributed by atoms with E-state index in [1.807, 2.05) is 0 Å². The van der Waals surface area contributed by atoms with Gasteiger partial charge in [0.1, 0.15) is 24.2 Å². The van der Waals surface area contributed by atoms with Crippen LogP contribution < -0.4 is 27.4 Å². The Bertz CT molecular complexity index is 575. The minimum Gasteiger partial charge on any atom is -0.480 e. The maximum absolute atomic E-state index is 12.7. The number of carbonyl (C=O) groups excluding carboxylic acids is 3. The van der Waals surface area contributed by atoms with E-state index in [1.165, 1.54) is 0 Å². The van der Waals surface area contributed by atoms with Gasteiger partial charge in [-0.15, -0.1) is 0 Å². The Hall–Kier alpha value is -2.28. The zero-order chi connectivity index (χ0) is 23.3. The molecule has 0 aliphatic carbocycles. The van der Waals surface area contributed by atoms with Gasteiger partial charge in [-0.25, -0.2) is 4.79 Å². The highest BCUT2D eigenvalue weighted by atomic mass is 16.4. The van der Waals surface area contributed by atoms with Gasteiger partial charge in [0.15, 0.2) is 0 Å². The maximum atomic E-state index is 12.7. The summed E-state index contributed by atoms with van der Waals surface area (Å²) in [5, 5.41) is 34.7. The average Bonchev–Trinajstić information content (AvgIpc) is 2.73. The molecule has 3 amide bonds. The number of carboxylic acid groups (broad SMARTS) is 1. The van der Waals surface area contributed by atoms with Gasteiger partial charge >= 0.3 is 5.97 Å². The summed E-state index contributed by atoms with van der Waals surface area (Å²) in [5.41, 5.74) is 10.8. The Morgan fingerprint density at radius 1 is 0.900 bits per heavy atom. The summed E-state index contributed by atoms with van der Waals surface area (Å²) in [4.78, 5) is 48.4. The van der Waals surface area contributed by atoms with Gasteiger partial charge in [-0.2, -0.15) is 0 Å². The average molecular weight is 434 g/mol. The molecule has 0 aromatic rings. The van der Waals surface area contributed by atoms with Gasteiger partial charge < -0.3 is 42.7 Å². The first-order valence-electron chi connectivity index (χ1n) is 9.94. The van der Waals surface area contributed by atoms with Crippen LogP contribution in [0.2, 0.25) is 0 Å². The molecule has 174 valence electrons. The van der Waals surface area contributed by atoms with Crippen molar-refractivity contribution in [2.24, 2.45) is 17.4 Å². The second kappa shape index (κ2) is 14.7. The van der Waals surface area contributed by atoms with E-state index in [0.717, 1.165) is 0 Å². The topological polar surface area (TPSA) is 217 Å². The lowest BCUT2D eigenvalue weighted by Gasteiger charge is -2.26. The first-order valence-corrected chi connectivity index (χ1v) is 9.94. The summed E-state index contributed by atoms with van der Waals surface area (Å²) in [5.74, 6) is -3.92. The number of aliphatic hydroxyl groups is 2. The fourth-order valence-corrected chi connectivity index (χ4v) is 2.53. The predicted octanol–water partition coefficient (Wildman–Crippen LogP) is -2.99. The third kappa shape index (κ3) is 9.48. The van der Waals surface area contributed by atoms with Gasteiger partial charge in [-0.3, -0.25) is 14.4 Å². The number of carbonyl (C=O) groups is 4. The largest absolute Gasteiger partial charge is 0.480 e. The molecule has 0 aliphatic heterocycles. The highest BCUT2D eigenvalue weighted by Crippen LogP contribution is 2.10. The molecular formula is C18H35N5O7. The number of aliphatic hydroxyl groups excluding tert-OH is 2. The number of rotatable bonds is 15. The van der Waals surface area contributed by atoms with Crippen LogP contribution in [0.3, 0.4) is 0 Å². The highest BCUT2D eigenvalue weighted by Gasteiger charge is 2.31. The molecule has 0 heterocycles. The second-order valence-electron chi connectivity index (χ2n) is 7.09. The summed E-state index contributed by atoms with van der Waals surface area (Å²) in [6.45, 7) is 2.43. The molecule has 0 bridgehead atoms. The Balaban J connectivity index is 5.29. The van der Waals surface area contributed by atoms with Crippen molar-refractivity contribution in [3.63, 3.8) is 0 Å². The lowest BCUT2D eigenvalue weighted by Crippen LogP contribution is -2.58. The smallest absolute Gasteiger partial charge is 0.326 e. The normalized spacial score (nSPS) is 15.9. The van der Waals surface area contributed by atoms with Gasteiger partial charge in [0.2, 0.25) is 17.7 Å². The number of aliphatic carboxylic acids is 1. The maximum Gasteiger partial charge on any atom is 0.326 e. The lowest BCUT2D eigenvalue weighted by atomic mass is 9.98. The molecule has 0 radical (unpaired) electrons. The molecule has 30 heavy (non-hydrogen) atoms. The molecule has 0 spiro atoms. The SMILES string of the molecule is CCC(C)C(NC(=O)C(CCCCN)NC(=O)C(CO)NC(=O)C(N)CO)C(=O)O. The first kappa shape index (κ1) is 27.7. The van der Waals surface area contributed by atoms with Crippen molar-refractivity contribution in [2.75, 3.05) is 19.8 Å². The van der Waals surface area contributed by atoms with Crippen molar-refractivity contribution in [2.45, 2.75) is 63.7 Å². The molecule has 12 heteroatoms. The Labute approximate surface area is 175 Å². The zero-order valence-electron chi connectivity index (χ0n) is 17.5. The molecule has 0 aromatic heterocycles. The van der Waals surface area contributed by atoms with Crippen molar-refractivity contribution < 1.29 is 34.5 Å². The molecule has 0 aliphatic rings. The van der Waals surface area contributed by atoms with E-state index in [1.54, 1.807) is 13.8 Å². The van der Waals surface area contributed by atoms with Crippen LogP contribution in [0.5, 0.6) is 0 Å². The van der Waals surface area contributed by atoms with E-state index >= 15 is 0 Å². The highest BCUT2D eigenvalue weighted by molar-refractivity contribution is 5.94. The van der Waals surface area contributed by atoms with E-state index in [9.17, 15) is 29.4 Å². The Morgan fingerprint density at radius 3 is 1.93 bits per heavy atom. The third-order valence-corrected chi connectivity index (χ3v) is 4.71. The van der Waals surface area contributed by atoms with Crippen LogP contribution in [0, 0.1) is 5.92 Å². The summed E-state index contributed by atoms with van der Waals surface area (Å²) in [7, 11) is 0. The number of amides is 3. The molecule has 0 saturated heterocycles. The van der Waals surface area contributed by atoms with Crippen LogP contribution in [-0.2, 0) is 19.2 Å². The molecule has 12 nitrogen and oxygen atoms in total. The molecule has 10 N–H and O–H groups in total. The molecule has 5 atom stereocenters. The van der Waals surface area contributed by atoms with E-state index in [0.29, 0.717) is 25.8 Å². The summed E-state index contributed by atoms with van der Waals surface area (Å²) in [6.07, 6.45) is 1.77. The number of carboxylic acids is 1. The minimum absolute atomic E-state index is 0.184. The second-order valence-corrected chi connectivity index (χ2v) is 7.09. The monoisotopic (exact) mass is 433 g/mol. The number of nitrogens with one attached hydrogen (secondary N) is 3. The van der Waals surface area contributed by atoms with E-state index in [2.05, 4.69) is 16.0 Å². The van der Waals surface area contributed by atoms with Crippen molar-refractivity contribution in [3.05, 3.63) is 0 Å². The molecule has 5 unspecified atom stereocenters. The van der Waals surface area contributed by atoms with Crippen LogP contribution in [0.1, 0.15) is 39.5 Å². The number of nitrogens with two attached hydrogens (primary N) is 2. The van der Waals surface area contributed by atoms with Crippen LogP contribution >= 0.6 is 0 Å². The van der Waals surface area contributed by atoms with E-state index < -0.39 is 61.1 Å². The fourth-order valence-electron chi connectivity index (χ4n) is 2.53. The summed E-state index contributed by atoms with van der Waals surface area (Å²) < 4.78 is 0. The number of hydrogen-bond acceptors (Lipinski definition) is 8. The van der Waals surface area contributed by atoms with Crippen molar-refractivity contribution in [3.8, 4) is 0 Å². The van der Waals surface area contributed by atoms with Gasteiger partial charge in [0, 0.05) is 0 Å². The Kier molecular flexibility index (Phi) is 13.5. The predicted molar refractivity (Wildman–Crippen MR) is 108 cm³/mol. The lowest BCUT2D eigenvalue weighted by molar-refractivity contribution is -0.144.